The summed E-state index contributed by atoms with van der Waals surface area (Å²) in [5, 5.41) is 5.57. The van der Waals surface area contributed by atoms with Crippen molar-refractivity contribution >= 4 is 29.5 Å². The first-order valence-corrected chi connectivity index (χ1v) is 13.7. The van der Waals surface area contributed by atoms with E-state index in [-0.39, 0.29) is 18.9 Å². The normalized spacial score (nSPS) is 17.0. The second-order valence-corrected chi connectivity index (χ2v) is 10.4. The van der Waals surface area contributed by atoms with E-state index < -0.39 is 23.8 Å². The zero-order valence-electron chi connectivity index (χ0n) is 21.6. The van der Waals surface area contributed by atoms with Crippen LogP contribution in [-0.4, -0.2) is 58.7 Å². The first kappa shape index (κ1) is 26.7. The van der Waals surface area contributed by atoms with E-state index in [1.54, 1.807) is 24.5 Å². The molecule has 3 aromatic rings. The van der Waals surface area contributed by atoms with Crippen molar-refractivity contribution < 1.29 is 23.9 Å². The van der Waals surface area contributed by atoms with Crippen LogP contribution in [0.2, 0.25) is 0 Å². The van der Waals surface area contributed by atoms with Gasteiger partial charge in [0.2, 0.25) is 11.7 Å². The minimum Gasteiger partial charge on any atom is -0.486 e. The lowest BCUT2D eigenvalue weighted by Gasteiger charge is -2.35. The Labute approximate surface area is 231 Å². The molecule has 202 valence electrons. The molecule has 3 heterocycles. The molecular weight excluding hydrogens is 516 g/mol. The highest BCUT2D eigenvalue weighted by Gasteiger charge is 2.36. The zero-order chi connectivity index (χ0) is 27.2. The maximum absolute atomic E-state index is 13.7. The average Bonchev–Trinajstić information content (AvgIpc) is 2.98. The smallest absolute Gasteiger partial charge is 0.289 e. The number of rotatable bonds is 9. The monoisotopic (exact) mass is 546 g/mol. The molecule has 0 bridgehead atoms. The summed E-state index contributed by atoms with van der Waals surface area (Å²) < 4.78 is 13.5. The summed E-state index contributed by atoms with van der Waals surface area (Å²) in [4.78, 5) is 44.8. The van der Waals surface area contributed by atoms with Crippen LogP contribution >= 0.6 is 11.9 Å². The number of Topliss-reactive ketones (excluding diaryl/α,β-unsaturated/α-hetero) is 1. The molecule has 0 fully saturated rings. The van der Waals surface area contributed by atoms with E-state index in [1.165, 1.54) is 11.9 Å². The molecule has 2 atom stereocenters. The number of carbonyl (C=O) groups excluding carboxylic acids is 3. The van der Waals surface area contributed by atoms with Crippen molar-refractivity contribution in [2.45, 2.75) is 43.3 Å². The fourth-order valence-corrected chi connectivity index (χ4v) is 5.72. The molecule has 0 spiro atoms. The maximum Gasteiger partial charge on any atom is 0.289 e. The Bertz CT molecular complexity index is 1340. The van der Waals surface area contributed by atoms with E-state index >= 15 is 0 Å². The molecule has 0 aliphatic carbocycles. The molecule has 2 amide bonds. The third-order valence-corrected chi connectivity index (χ3v) is 7.98. The van der Waals surface area contributed by atoms with Gasteiger partial charge in [-0.1, -0.05) is 37.3 Å². The molecule has 9 nitrogen and oxygen atoms in total. The first-order chi connectivity index (χ1) is 19.0. The van der Waals surface area contributed by atoms with Crippen LogP contribution in [0.4, 0.5) is 0 Å². The van der Waals surface area contributed by atoms with Gasteiger partial charge < -0.3 is 20.1 Å². The molecule has 2 aliphatic heterocycles. The fourth-order valence-electron chi connectivity index (χ4n) is 4.62. The number of hydrogen-bond acceptors (Lipinski definition) is 8. The van der Waals surface area contributed by atoms with Gasteiger partial charge in [-0.2, -0.15) is 0 Å². The maximum atomic E-state index is 13.7. The highest BCUT2D eigenvalue weighted by Crippen LogP contribution is 2.42. The van der Waals surface area contributed by atoms with Crippen LogP contribution in [0.25, 0.3) is 0 Å². The predicted molar refractivity (Wildman–Crippen MR) is 146 cm³/mol. The largest absolute Gasteiger partial charge is 0.486 e. The number of ketones is 1. The SMILES string of the molecule is CCN1Sc2cc3c(cc2CC1C(=O)NC(Cc1ccccc1)C(=O)C(=O)NCc1ccncc1)OCCO3. The van der Waals surface area contributed by atoms with Crippen LogP contribution in [0.5, 0.6) is 11.5 Å². The molecule has 39 heavy (non-hydrogen) atoms. The van der Waals surface area contributed by atoms with Crippen molar-refractivity contribution in [1.29, 1.82) is 0 Å². The molecule has 0 radical (unpaired) electrons. The highest BCUT2D eigenvalue weighted by atomic mass is 32.2. The molecule has 2 N–H and O–H groups in total. The van der Waals surface area contributed by atoms with Crippen LogP contribution in [-0.2, 0) is 33.8 Å². The van der Waals surface area contributed by atoms with Crippen molar-refractivity contribution in [2.75, 3.05) is 19.8 Å². The van der Waals surface area contributed by atoms with E-state index in [4.69, 9.17) is 9.47 Å². The average molecular weight is 547 g/mol. The Morgan fingerprint density at radius 1 is 1.03 bits per heavy atom. The number of likely N-dealkylation sites (N-methyl/N-ethyl adjacent to an activating group) is 1. The van der Waals surface area contributed by atoms with Gasteiger partial charge in [0.25, 0.3) is 5.91 Å². The fraction of sp³-hybridized carbons (Fsp3) is 0.310. The molecule has 2 aromatic carbocycles. The number of amides is 2. The highest BCUT2D eigenvalue weighted by molar-refractivity contribution is 7.97. The van der Waals surface area contributed by atoms with E-state index in [0.29, 0.717) is 37.7 Å². The minimum atomic E-state index is -1.01. The van der Waals surface area contributed by atoms with Crippen molar-refractivity contribution in [3.8, 4) is 11.5 Å². The molecule has 5 rings (SSSR count). The van der Waals surface area contributed by atoms with Crippen LogP contribution in [0, 0.1) is 0 Å². The lowest BCUT2D eigenvalue weighted by atomic mass is 9.99. The zero-order valence-corrected chi connectivity index (χ0v) is 22.4. The number of nitrogens with one attached hydrogen (secondary N) is 2. The number of aromatic nitrogens is 1. The predicted octanol–water partition coefficient (Wildman–Crippen LogP) is 2.72. The third-order valence-electron chi connectivity index (χ3n) is 6.66. The van der Waals surface area contributed by atoms with Gasteiger partial charge >= 0.3 is 0 Å². The van der Waals surface area contributed by atoms with E-state index in [2.05, 4.69) is 15.6 Å². The number of pyridine rings is 1. The number of nitrogens with zero attached hydrogens (tertiary/aromatic N) is 2. The molecule has 10 heteroatoms. The van der Waals surface area contributed by atoms with Gasteiger partial charge in [-0.3, -0.25) is 19.4 Å². The number of ether oxygens (including phenoxy) is 2. The van der Waals surface area contributed by atoms with Crippen LogP contribution < -0.4 is 20.1 Å². The molecule has 1 aromatic heterocycles. The molecule has 2 aliphatic rings. The topological polar surface area (TPSA) is 110 Å². The Morgan fingerprint density at radius 2 is 1.74 bits per heavy atom. The summed E-state index contributed by atoms with van der Waals surface area (Å²) >= 11 is 1.49. The Hall–Kier alpha value is -3.89. The molecule has 2 unspecified atom stereocenters. The Balaban J connectivity index is 1.32. The van der Waals surface area contributed by atoms with Crippen LogP contribution in [0.15, 0.2) is 71.9 Å². The van der Waals surface area contributed by atoms with Gasteiger partial charge in [0.15, 0.2) is 11.5 Å². The van der Waals surface area contributed by atoms with Crippen molar-refractivity contribution in [3.05, 3.63) is 83.7 Å². The van der Waals surface area contributed by atoms with E-state index in [1.807, 2.05) is 53.7 Å². The number of hydrogen-bond donors (Lipinski definition) is 2. The van der Waals surface area contributed by atoms with E-state index in [9.17, 15) is 14.4 Å². The van der Waals surface area contributed by atoms with Gasteiger partial charge in [0.05, 0.1) is 0 Å². The van der Waals surface area contributed by atoms with Crippen LogP contribution in [0.3, 0.4) is 0 Å². The summed E-state index contributed by atoms with van der Waals surface area (Å²) in [6.07, 6.45) is 3.89. The second kappa shape index (κ2) is 12.3. The first-order valence-electron chi connectivity index (χ1n) is 12.9. The van der Waals surface area contributed by atoms with Gasteiger partial charge in [-0.05, 0) is 59.3 Å². The quantitative estimate of drug-likeness (QED) is 0.312. The van der Waals surface area contributed by atoms with Gasteiger partial charge in [0, 0.05) is 36.8 Å². The van der Waals surface area contributed by atoms with Gasteiger partial charge in [-0.15, -0.1) is 0 Å². The third kappa shape index (κ3) is 6.40. The molecule has 0 saturated carbocycles. The summed E-state index contributed by atoms with van der Waals surface area (Å²) in [6.45, 7) is 3.77. The standard InChI is InChI=1S/C29H30N4O5S/c1-2-33-23(15-21-16-24-25(17-26(21)39-33)38-13-12-37-24)28(35)32-22(14-19-6-4-3-5-7-19)27(34)29(36)31-18-20-8-10-30-11-9-20/h3-11,16-17,22-23H,2,12-15,18H2,1H3,(H,31,36)(H,32,35). The molecule has 0 saturated heterocycles. The van der Waals surface area contributed by atoms with Crippen molar-refractivity contribution in [3.63, 3.8) is 0 Å². The Kier molecular flexibility index (Phi) is 8.43. The Morgan fingerprint density at radius 3 is 2.46 bits per heavy atom. The number of fused-ring (bicyclic) bond motifs is 2. The summed E-state index contributed by atoms with van der Waals surface area (Å²) in [5.41, 5.74) is 2.65. The number of benzene rings is 2. The van der Waals surface area contributed by atoms with Crippen molar-refractivity contribution in [2.24, 2.45) is 0 Å². The minimum absolute atomic E-state index is 0.189. The van der Waals surface area contributed by atoms with Gasteiger partial charge in [0.1, 0.15) is 25.3 Å². The lowest BCUT2D eigenvalue weighted by Crippen LogP contribution is -2.54. The summed E-state index contributed by atoms with van der Waals surface area (Å²) in [6, 6.07) is 15.2. The number of carbonyl (C=O) groups is 3. The van der Waals surface area contributed by atoms with Crippen LogP contribution in [0.1, 0.15) is 23.6 Å². The lowest BCUT2D eigenvalue weighted by molar-refractivity contribution is -0.140. The second-order valence-electron chi connectivity index (χ2n) is 9.30. The van der Waals surface area contributed by atoms with E-state index in [0.717, 1.165) is 21.6 Å². The van der Waals surface area contributed by atoms with Crippen molar-refractivity contribution in [1.82, 2.24) is 19.9 Å². The summed E-state index contributed by atoms with van der Waals surface area (Å²) in [5.74, 6) is -0.355. The molecular formula is C29H30N4O5S. The van der Waals surface area contributed by atoms with Gasteiger partial charge in [-0.25, -0.2) is 4.31 Å². The summed E-state index contributed by atoms with van der Waals surface area (Å²) in [7, 11) is 0.